The van der Waals surface area contributed by atoms with Gasteiger partial charge in [0.2, 0.25) is 5.91 Å². The highest BCUT2D eigenvalue weighted by atomic mass is 32.2. The molecule has 2 heterocycles. The largest absolute Gasteiger partial charge is 0.492 e. The number of hydrogen-bond acceptors (Lipinski definition) is 6. The van der Waals surface area contributed by atoms with E-state index in [2.05, 4.69) is 26.2 Å². The van der Waals surface area contributed by atoms with Crippen LogP contribution < -0.4 is 4.74 Å². The fraction of sp³-hybridized carbons (Fsp3) is 0.385. The Kier molecular flexibility index (Phi) is 6.94. The molecule has 1 saturated carbocycles. The molecular weight excluding hydrogens is 446 g/mol. The molecule has 0 atom stereocenters. The van der Waals surface area contributed by atoms with Gasteiger partial charge in [-0.15, -0.1) is 10.2 Å². The second kappa shape index (κ2) is 10.4. The summed E-state index contributed by atoms with van der Waals surface area (Å²) in [6, 6.07) is 12.0. The summed E-state index contributed by atoms with van der Waals surface area (Å²) in [6.45, 7) is 2.51. The minimum absolute atomic E-state index is 0.149. The molecule has 1 amide bonds. The van der Waals surface area contributed by atoms with E-state index in [1.165, 1.54) is 23.9 Å². The fourth-order valence-electron chi connectivity index (χ4n) is 4.35. The first kappa shape index (κ1) is 22.7. The van der Waals surface area contributed by atoms with Crippen LogP contribution in [0.25, 0.3) is 17.1 Å². The number of aromatic nitrogens is 4. The van der Waals surface area contributed by atoms with Crippen LogP contribution in [0.1, 0.15) is 45.4 Å². The number of carbonyl (C=O) groups is 1. The summed E-state index contributed by atoms with van der Waals surface area (Å²) in [5.41, 5.74) is 2.90. The number of thioether (sulfide) groups is 1. The van der Waals surface area contributed by atoms with E-state index in [0.29, 0.717) is 29.4 Å². The maximum absolute atomic E-state index is 13.4. The van der Waals surface area contributed by atoms with Crippen molar-refractivity contribution < 1.29 is 9.53 Å². The number of carbonyl (C=O) groups excluding carboxylic acids is 1. The van der Waals surface area contributed by atoms with Crippen LogP contribution in [0.15, 0.2) is 65.7 Å². The molecule has 3 aromatic rings. The van der Waals surface area contributed by atoms with Gasteiger partial charge in [-0.2, -0.15) is 0 Å². The van der Waals surface area contributed by atoms with Crippen LogP contribution in [0.2, 0.25) is 0 Å². The predicted molar refractivity (Wildman–Crippen MR) is 133 cm³/mol. The van der Waals surface area contributed by atoms with Crippen molar-refractivity contribution in [2.24, 2.45) is 0 Å². The monoisotopic (exact) mass is 475 g/mol. The number of pyridine rings is 1. The van der Waals surface area contributed by atoms with Gasteiger partial charge in [-0.25, -0.2) is 0 Å². The second-order valence-electron chi connectivity index (χ2n) is 8.51. The average Bonchev–Trinajstić information content (AvgIpc) is 3.62. The van der Waals surface area contributed by atoms with E-state index >= 15 is 0 Å². The van der Waals surface area contributed by atoms with Crippen LogP contribution in [0.5, 0.6) is 5.75 Å². The molecule has 5 rings (SSSR count). The number of nitrogens with zero attached hydrogens (tertiary/aromatic N) is 5. The Morgan fingerprint density at radius 2 is 2.06 bits per heavy atom. The third kappa shape index (κ3) is 4.87. The topological polar surface area (TPSA) is 73.1 Å². The lowest BCUT2D eigenvalue weighted by Gasteiger charge is -2.27. The standard InChI is InChI=1S/C26H29N5O2S/c1-2-33-23-13-7-6-12-22(23)31-25(19-9-8-16-27-17-19)28-29-26(31)34-18-24(32)30(21-14-15-21)20-10-4-3-5-11-20/h6-10,12-13,16-17,21H,2-5,11,14-15,18H2,1H3. The fourth-order valence-corrected chi connectivity index (χ4v) is 5.15. The Bertz CT molecular complexity index is 1170. The molecule has 0 bridgehead atoms. The summed E-state index contributed by atoms with van der Waals surface area (Å²) >= 11 is 1.42. The molecule has 1 aromatic carbocycles. The van der Waals surface area contributed by atoms with Crippen LogP contribution in [0, 0.1) is 0 Å². The Morgan fingerprint density at radius 1 is 1.18 bits per heavy atom. The van der Waals surface area contributed by atoms with Crippen molar-refractivity contribution in [2.75, 3.05) is 12.4 Å². The molecule has 176 valence electrons. The Morgan fingerprint density at radius 3 is 2.79 bits per heavy atom. The van der Waals surface area contributed by atoms with E-state index < -0.39 is 0 Å². The second-order valence-corrected chi connectivity index (χ2v) is 9.45. The summed E-state index contributed by atoms with van der Waals surface area (Å²) in [7, 11) is 0. The van der Waals surface area contributed by atoms with E-state index in [-0.39, 0.29) is 5.91 Å². The zero-order valence-corrected chi connectivity index (χ0v) is 20.2. The molecule has 0 N–H and O–H groups in total. The van der Waals surface area contributed by atoms with E-state index in [4.69, 9.17) is 4.74 Å². The van der Waals surface area contributed by atoms with Gasteiger partial charge in [0.1, 0.15) is 5.75 Å². The SMILES string of the molecule is CCOc1ccccc1-n1c(SCC(=O)N(C2=CCCCC2)C2CC2)nnc1-c1cccnc1. The number of benzene rings is 1. The minimum atomic E-state index is 0.149. The smallest absolute Gasteiger partial charge is 0.237 e. The minimum Gasteiger partial charge on any atom is -0.492 e. The number of ether oxygens (including phenoxy) is 1. The third-order valence-electron chi connectivity index (χ3n) is 6.04. The molecule has 0 saturated heterocycles. The zero-order valence-electron chi connectivity index (χ0n) is 19.4. The highest BCUT2D eigenvalue weighted by Crippen LogP contribution is 2.36. The highest BCUT2D eigenvalue weighted by Gasteiger charge is 2.35. The van der Waals surface area contributed by atoms with Crippen molar-refractivity contribution in [3.63, 3.8) is 0 Å². The van der Waals surface area contributed by atoms with E-state index in [0.717, 1.165) is 49.1 Å². The zero-order chi connectivity index (χ0) is 23.3. The lowest BCUT2D eigenvalue weighted by molar-refractivity contribution is -0.127. The first-order valence-corrected chi connectivity index (χ1v) is 13.0. The molecule has 7 nitrogen and oxygen atoms in total. The van der Waals surface area contributed by atoms with Gasteiger partial charge in [-0.05, 0) is 69.7 Å². The molecular formula is C26H29N5O2S. The summed E-state index contributed by atoms with van der Waals surface area (Å²) in [4.78, 5) is 19.7. The molecule has 2 aromatic heterocycles. The van der Waals surface area contributed by atoms with Crippen molar-refractivity contribution in [2.45, 2.75) is 56.6 Å². The molecule has 2 aliphatic rings. The first-order chi connectivity index (χ1) is 16.8. The van der Waals surface area contributed by atoms with Crippen molar-refractivity contribution in [3.8, 4) is 22.8 Å². The molecule has 2 aliphatic carbocycles. The van der Waals surface area contributed by atoms with Gasteiger partial charge >= 0.3 is 0 Å². The van der Waals surface area contributed by atoms with Gasteiger partial charge in [0.15, 0.2) is 11.0 Å². The van der Waals surface area contributed by atoms with E-state index in [1.807, 2.05) is 47.9 Å². The number of para-hydroxylation sites is 2. The van der Waals surface area contributed by atoms with Crippen molar-refractivity contribution in [1.29, 1.82) is 0 Å². The van der Waals surface area contributed by atoms with Gasteiger partial charge in [-0.1, -0.05) is 30.0 Å². The van der Waals surface area contributed by atoms with Gasteiger partial charge in [0.05, 0.1) is 18.0 Å². The van der Waals surface area contributed by atoms with Crippen LogP contribution >= 0.6 is 11.8 Å². The molecule has 8 heteroatoms. The molecule has 0 unspecified atom stereocenters. The summed E-state index contributed by atoms with van der Waals surface area (Å²) in [5, 5.41) is 9.63. The molecule has 0 aliphatic heterocycles. The molecule has 34 heavy (non-hydrogen) atoms. The Labute approximate surface area is 204 Å². The maximum Gasteiger partial charge on any atom is 0.237 e. The third-order valence-corrected chi connectivity index (χ3v) is 6.95. The average molecular weight is 476 g/mol. The number of hydrogen-bond donors (Lipinski definition) is 0. The first-order valence-electron chi connectivity index (χ1n) is 12.0. The summed E-state index contributed by atoms with van der Waals surface area (Å²) in [6.07, 6.45) is 12.4. The van der Waals surface area contributed by atoms with Crippen LogP contribution in [-0.4, -0.2) is 49.0 Å². The van der Waals surface area contributed by atoms with Gasteiger partial charge in [0.25, 0.3) is 0 Å². The normalized spacial score (nSPS) is 15.6. The highest BCUT2D eigenvalue weighted by molar-refractivity contribution is 7.99. The number of rotatable bonds is 9. The van der Waals surface area contributed by atoms with E-state index in [9.17, 15) is 4.79 Å². The quantitative estimate of drug-likeness (QED) is 0.393. The van der Waals surface area contributed by atoms with Gasteiger partial charge < -0.3 is 9.64 Å². The van der Waals surface area contributed by atoms with Crippen molar-refractivity contribution in [3.05, 3.63) is 60.6 Å². The van der Waals surface area contributed by atoms with Crippen molar-refractivity contribution in [1.82, 2.24) is 24.6 Å². The lowest BCUT2D eigenvalue weighted by atomic mass is 10.0. The number of amides is 1. The molecule has 1 fully saturated rings. The van der Waals surface area contributed by atoms with E-state index in [1.54, 1.807) is 12.4 Å². The van der Waals surface area contributed by atoms with Crippen molar-refractivity contribution >= 4 is 17.7 Å². The summed E-state index contributed by atoms with van der Waals surface area (Å²) < 4.78 is 7.88. The lowest BCUT2D eigenvalue weighted by Crippen LogP contribution is -2.34. The van der Waals surface area contributed by atoms with Gasteiger partial charge in [0, 0.05) is 29.7 Å². The maximum atomic E-state index is 13.4. The Hall–Kier alpha value is -3.13. The molecule has 0 spiro atoms. The van der Waals surface area contributed by atoms with Crippen LogP contribution in [0.4, 0.5) is 0 Å². The van der Waals surface area contributed by atoms with Crippen LogP contribution in [-0.2, 0) is 4.79 Å². The molecule has 0 radical (unpaired) electrons. The van der Waals surface area contributed by atoms with Gasteiger partial charge in [-0.3, -0.25) is 14.3 Å². The summed E-state index contributed by atoms with van der Waals surface area (Å²) in [5.74, 6) is 1.88. The van der Waals surface area contributed by atoms with Crippen LogP contribution in [0.3, 0.4) is 0 Å². The number of allylic oxidation sites excluding steroid dienone is 2. The Balaban J connectivity index is 1.46. The predicted octanol–water partition coefficient (Wildman–Crippen LogP) is 5.27.